The maximum absolute atomic E-state index is 12.9. The second-order valence-electron chi connectivity index (χ2n) is 4.12. The molecule has 1 N–H and O–H groups in total. The zero-order chi connectivity index (χ0) is 11.5. The summed E-state index contributed by atoms with van der Waals surface area (Å²) in [6.45, 7) is 1.71. The van der Waals surface area contributed by atoms with E-state index in [0.717, 1.165) is 18.7 Å². The highest BCUT2D eigenvalue weighted by Gasteiger charge is 2.24. The highest BCUT2D eigenvalue weighted by Crippen LogP contribution is 2.08. The van der Waals surface area contributed by atoms with E-state index in [2.05, 4.69) is 5.32 Å². The molecule has 1 fully saturated rings. The molecule has 1 aliphatic rings. The van der Waals surface area contributed by atoms with Gasteiger partial charge in [0.25, 0.3) is 0 Å². The summed E-state index contributed by atoms with van der Waals surface area (Å²) >= 11 is 0. The van der Waals surface area contributed by atoms with Crippen LogP contribution in [0.15, 0.2) is 24.3 Å². The molecule has 1 aromatic carbocycles. The highest BCUT2D eigenvalue weighted by molar-refractivity contribution is 5.79. The van der Waals surface area contributed by atoms with Crippen LogP contribution in [0.4, 0.5) is 4.39 Å². The van der Waals surface area contributed by atoms with Gasteiger partial charge in [-0.25, -0.2) is 4.39 Å². The Balaban J connectivity index is 1.96. The van der Waals surface area contributed by atoms with Gasteiger partial charge in [0, 0.05) is 20.1 Å². The summed E-state index contributed by atoms with van der Waals surface area (Å²) in [6.07, 6.45) is 0.269. The van der Waals surface area contributed by atoms with Crippen LogP contribution in [-0.4, -0.2) is 37.0 Å². The average molecular weight is 222 g/mol. The molecule has 1 heterocycles. The lowest BCUT2D eigenvalue weighted by atomic mass is 10.1. The number of carbonyl (C=O) groups excluding carboxylic acids is 1. The molecule has 0 aliphatic carbocycles. The SMILES string of the molecule is CN(C(=O)Cc1cccc(F)c1)C1CNC1. The van der Waals surface area contributed by atoms with Crippen molar-refractivity contribution in [3.05, 3.63) is 35.6 Å². The van der Waals surface area contributed by atoms with Crippen LogP contribution in [0, 0.1) is 5.82 Å². The van der Waals surface area contributed by atoms with Crippen LogP contribution in [0.3, 0.4) is 0 Å². The minimum atomic E-state index is -0.293. The van der Waals surface area contributed by atoms with Gasteiger partial charge in [0.15, 0.2) is 0 Å². The predicted octanol–water partition coefficient (Wildman–Crippen LogP) is 0.798. The fraction of sp³-hybridized carbons (Fsp3) is 0.417. The summed E-state index contributed by atoms with van der Waals surface area (Å²) in [5, 5.41) is 3.12. The summed E-state index contributed by atoms with van der Waals surface area (Å²) in [5.41, 5.74) is 0.726. The van der Waals surface area contributed by atoms with Crippen LogP contribution >= 0.6 is 0 Å². The van der Waals surface area contributed by atoms with Crippen LogP contribution in [0.1, 0.15) is 5.56 Å². The lowest BCUT2D eigenvalue weighted by molar-refractivity contribution is -0.132. The van der Waals surface area contributed by atoms with Crippen LogP contribution in [-0.2, 0) is 11.2 Å². The van der Waals surface area contributed by atoms with Gasteiger partial charge >= 0.3 is 0 Å². The Morgan fingerprint density at radius 1 is 1.56 bits per heavy atom. The van der Waals surface area contributed by atoms with Gasteiger partial charge < -0.3 is 10.2 Å². The average Bonchev–Trinajstić information content (AvgIpc) is 2.14. The number of likely N-dealkylation sites (N-methyl/N-ethyl adjacent to an activating group) is 1. The molecule has 0 atom stereocenters. The van der Waals surface area contributed by atoms with E-state index in [1.165, 1.54) is 12.1 Å². The van der Waals surface area contributed by atoms with Gasteiger partial charge in [0.2, 0.25) is 5.91 Å². The minimum Gasteiger partial charge on any atom is -0.340 e. The maximum Gasteiger partial charge on any atom is 0.227 e. The molecule has 1 amide bonds. The predicted molar refractivity (Wildman–Crippen MR) is 59.5 cm³/mol. The second-order valence-corrected chi connectivity index (χ2v) is 4.12. The van der Waals surface area contributed by atoms with E-state index in [-0.39, 0.29) is 18.1 Å². The van der Waals surface area contributed by atoms with Crippen molar-refractivity contribution in [3.63, 3.8) is 0 Å². The fourth-order valence-electron chi connectivity index (χ4n) is 1.70. The van der Waals surface area contributed by atoms with Gasteiger partial charge in [-0.2, -0.15) is 0 Å². The number of halogens is 1. The Labute approximate surface area is 94.3 Å². The molecule has 0 saturated carbocycles. The third kappa shape index (κ3) is 2.39. The van der Waals surface area contributed by atoms with E-state index in [1.807, 2.05) is 0 Å². The van der Waals surface area contributed by atoms with E-state index < -0.39 is 0 Å². The largest absolute Gasteiger partial charge is 0.340 e. The van der Waals surface area contributed by atoms with Crippen molar-refractivity contribution in [3.8, 4) is 0 Å². The molecule has 0 radical (unpaired) electrons. The van der Waals surface area contributed by atoms with E-state index in [1.54, 1.807) is 24.1 Å². The number of carbonyl (C=O) groups is 1. The fourth-order valence-corrected chi connectivity index (χ4v) is 1.70. The minimum absolute atomic E-state index is 0.0390. The molecule has 0 aromatic heterocycles. The zero-order valence-corrected chi connectivity index (χ0v) is 9.24. The molecule has 86 valence electrons. The molecule has 0 bridgehead atoms. The van der Waals surface area contributed by atoms with Crippen molar-refractivity contribution >= 4 is 5.91 Å². The van der Waals surface area contributed by atoms with E-state index >= 15 is 0 Å². The normalized spacial score (nSPS) is 15.6. The summed E-state index contributed by atoms with van der Waals surface area (Å²) in [4.78, 5) is 13.6. The van der Waals surface area contributed by atoms with Crippen molar-refractivity contribution < 1.29 is 9.18 Å². The number of hydrogen-bond donors (Lipinski definition) is 1. The molecular weight excluding hydrogens is 207 g/mol. The number of hydrogen-bond acceptors (Lipinski definition) is 2. The van der Waals surface area contributed by atoms with Gasteiger partial charge in [0.1, 0.15) is 5.82 Å². The number of amides is 1. The van der Waals surface area contributed by atoms with Gasteiger partial charge in [-0.3, -0.25) is 4.79 Å². The van der Waals surface area contributed by atoms with Crippen molar-refractivity contribution in [2.75, 3.05) is 20.1 Å². The van der Waals surface area contributed by atoms with Gasteiger partial charge in [-0.05, 0) is 17.7 Å². The molecule has 1 aromatic rings. The molecular formula is C12H15FN2O. The molecule has 0 spiro atoms. The third-order valence-electron chi connectivity index (χ3n) is 2.95. The van der Waals surface area contributed by atoms with Crippen molar-refractivity contribution in [2.24, 2.45) is 0 Å². The molecule has 3 nitrogen and oxygen atoms in total. The third-order valence-corrected chi connectivity index (χ3v) is 2.95. The number of nitrogens with zero attached hydrogens (tertiary/aromatic N) is 1. The topological polar surface area (TPSA) is 32.3 Å². The quantitative estimate of drug-likeness (QED) is 0.820. The van der Waals surface area contributed by atoms with E-state index in [0.29, 0.717) is 6.04 Å². The van der Waals surface area contributed by atoms with E-state index in [4.69, 9.17) is 0 Å². The summed E-state index contributed by atoms with van der Waals surface area (Å²) < 4.78 is 12.9. The Morgan fingerprint density at radius 3 is 2.88 bits per heavy atom. The van der Waals surface area contributed by atoms with Crippen molar-refractivity contribution in [2.45, 2.75) is 12.5 Å². The first-order valence-corrected chi connectivity index (χ1v) is 5.37. The van der Waals surface area contributed by atoms with Crippen molar-refractivity contribution in [1.82, 2.24) is 10.2 Å². The smallest absolute Gasteiger partial charge is 0.227 e. The molecule has 1 saturated heterocycles. The number of nitrogens with one attached hydrogen (secondary N) is 1. The van der Waals surface area contributed by atoms with Crippen molar-refractivity contribution in [1.29, 1.82) is 0 Å². The molecule has 16 heavy (non-hydrogen) atoms. The number of rotatable bonds is 3. The van der Waals surface area contributed by atoms with Crippen LogP contribution < -0.4 is 5.32 Å². The van der Waals surface area contributed by atoms with Gasteiger partial charge in [-0.1, -0.05) is 12.1 Å². The van der Waals surface area contributed by atoms with Crippen LogP contribution in [0.25, 0.3) is 0 Å². The molecule has 1 aliphatic heterocycles. The Bertz CT molecular complexity index is 390. The summed E-state index contributed by atoms with van der Waals surface area (Å²) in [5.74, 6) is -0.254. The first-order valence-electron chi connectivity index (χ1n) is 5.37. The zero-order valence-electron chi connectivity index (χ0n) is 9.24. The Morgan fingerprint density at radius 2 is 2.31 bits per heavy atom. The van der Waals surface area contributed by atoms with E-state index in [9.17, 15) is 9.18 Å². The second kappa shape index (κ2) is 4.61. The lowest BCUT2D eigenvalue weighted by Crippen LogP contribution is -2.57. The molecule has 0 unspecified atom stereocenters. The first-order chi connectivity index (χ1) is 7.66. The summed E-state index contributed by atoms with van der Waals surface area (Å²) in [6, 6.07) is 6.48. The standard InChI is InChI=1S/C12H15FN2O/c1-15(11-7-14-8-11)12(16)6-9-3-2-4-10(13)5-9/h2-5,11,14H,6-8H2,1H3. The summed E-state index contributed by atoms with van der Waals surface area (Å²) in [7, 11) is 1.80. The highest BCUT2D eigenvalue weighted by atomic mass is 19.1. The van der Waals surface area contributed by atoms with Crippen LogP contribution in [0.2, 0.25) is 0 Å². The molecule has 4 heteroatoms. The van der Waals surface area contributed by atoms with Gasteiger partial charge in [0.05, 0.1) is 12.5 Å². The van der Waals surface area contributed by atoms with Crippen LogP contribution in [0.5, 0.6) is 0 Å². The number of benzene rings is 1. The molecule has 2 rings (SSSR count). The Hall–Kier alpha value is -1.42. The first kappa shape index (κ1) is 11.1. The van der Waals surface area contributed by atoms with Gasteiger partial charge in [-0.15, -0.1) is 0 Å². The lowest BCUT2D eigenvalue weighted by Gasteiger charge is -2.35. The Kier molecular flexibility index (Phi) is 3.19. The monoisotopic (exact) mass is 222 g/mol. The maximum atomic E-state index is 12.9.